The van der Waals surface area contributed by atoms with E-state index in [1.54, 1.807) is 30.3 Å². The monoisotopic (exact) mass is 412 g/mol. The molecule has 2 aromatic rings. The van der Waals surface area contributed by atoms with Crippen LogP contribution in [0.15, 0.2) is 40.5 Å². The molecule has 0 aliphatic rings. The lowest BCUT2D eigenvalue weighted by molar-refractivity contribution is 1.26. The van der Waals surface area contributed by atoms with Crippen molar-refractivity contribution >= 4 is 81.0 Å². The van der Waals surface area contributed by atoms with Crippen molar-refractivity contribution in [2.45, 2.75) is 0 Å². The van der Waals surface area contributed by atoms with Crippen LogP contribution in [0.2, 0.25) is 25.1 Å². The maximum atomic E-state index is 6.05. The quantitative estimate of drug-likeness (QED) is 0.294. The molecule has 0 saturated heterocycles. The first kappa shape index (κ1) is 17.9. The minimum atomic E-state index is 0.120. The Morgan fingerprint density at radius 2 is 1.59 bits per heavy atom. The van der Waals surface area contributed by atoms with Crippen LogP contribution in [0.5, 0.6) is 0 Å². The molecule has 8 heteroatoms. The molecular formula is C14H6Cl6N2. The van der Waals surface area contributed by atoms with E-state index in [0.717, 1.165) is 0 Å². The summed E-state index contributed by atoms with van der Waals surface area (Å²) >= 11 is 35.7. The van der Waals surface area contributed by atoms with Crippen LogP contribution in [0, 0.1) is 0 Å². The third-order valence-corrected chi connectivity index (χ3v) is 4.70. The third kappa shape index (κ3) is 4.29. The molecule has 114 valence electrons. The Morgan fingerprint density at radius 3 is 2.27 bits per heavy atom. The average molecular weight is 415 g/mol. The summed E-state index contributed by atoms with van der Waals surface area (Å²) in [6, 6.07) is 8.14. The summed E-state index contributed by atoms with van der Waals surface area (Å²) in [6.45, 7) is 0. The fourth-order valence-corrected chi connectivity index (χ4v) is 2.84. The number of hydrogen-bond acceptors (Lipinski definition) is 2. The Balaban J connectivity index is 2.26. The van der Waals surface area contributed by atoms with Gasteiger partial charge in [0.25, 0.3) is 0 Å². The topological polar surface area (TPSA) is 24.7 Å². The van der Waals surface area contributed by atoms with Gasteiger partial charge in [-0.25, -0.2) is 0 Å². The summed E-state index contributed by atoms with van der Waals surface area (Å²) in [7, 11) is 0. The number of halogens is 6. The molecule has 0 spiro atoms. The summed E-state index contributed by atoms with van der Waals surface area (Å²) in [5.41, 5.74) is 1.08. The second-order valence-electron chi connectivity index (χ2n) is 4.02. The van der Waals surface area contributed by atoms with Crippen molar-refractivity contribution in [2.24, 2.45) is 10.2 Å². The fraction of sp³-hybridized carbons (Fsp3) is 0. The van der Waals surface area contributed by atoms with E-state index in [-0.39, 0.29) is 15.2 Å². The molecule has 0 atom stereocenters. The third-order valence-electron chi connectivity index (χ3n) is 2.56. The second-order valence-corrected chi connectivity index (χ2v) is 6.39. The van der Waals surface area contributed by atoms with Gasteiger partial charge >= 0.3 is 0 Å². The molecule has 0 unspecified atom stereocenters. The van der Waals surface area contributed by atoms with Crippen molar-refractivity contribution in [2.75, 3.05) is 0 Å². The van der Waals surface area contributed by atoms with E-state index in [2.05, 4.69) is 10.2 Å². The van der Waals surface area contributed by atoms with Crippen LogP contribution in [-0.2, 0) is 0 Å². The van der Waals surface area contributed by atoms with Gasteiger partial charge < -0.3 is 0 Å². The number of hydrogen-bond donors (Lipinski definition) is 0. The highest BCUT2D eigenvalue weighted by Crippen LogP contribution is 2.31. The van der Waals surface area contributed by atoms with Crippen molar-refractivity contribution in [1.29, 1.82) is 0 Å². The number of benzene rings is 2. The van der Waals surface area contributed by atoms with Crippen LogP contribution < -0.4 is 0 Å². The predicted octanol–water partition coefficient (Wildman–Crippen LogP) is 6.97. The number of nitrogens with zero attached hydrogens (tertiary/aromatic N) is 2. The highest BCUT2D eigenvalue weighted by atomic mass is 35.5. The van der Waals surface area contributed by atoms with E-state index < -0.39 is 0 Å². The lowest BCUT2D eigenvalue weighted by Gasteiger charge is -2.02. The Labute approximate surface area is 157 Å². The van der Waals surface area contributed by atoms with Gasteiger partial charge in [0.1, 0.15) is 0 Å². The highest BCUT2D eigenvalue weighted by Gasteiger charge is 2.08. The van der Waals surface area contributed by atoms with Crippen molar-refractivity contribution < 1.29 is 0 Å². The van der Waals surface area contributed by atoms with E-state index in [1.807, 2.05) is 0 Å². The van der Waals surface area contributed by atoms with Crippen LogP contribution in [0.25, 0.3) is 0 Å². The average Bonchev–Trinajstić information content (AvgIpc) is 2.47. The van der Waals surface area contributed by atoms with Gasteiger partial charge in [0.15, 0.2) is 5.17 Å². The van der Waals surface area contributed by atoms with Crippen LogP contribution in [0.1, 0.15) is 11.1 Å². The summed E-state index contributed by atoms with van der Waals surface area (Å²) in [5, 5.41) is 9.63. The minimum absolute atomic E-state index is 0.120. The van der Waals surface area contributed by atoms with Gasteiger partial charge in [-0.1, -0.05) is 75.7 Å². The van der Waals surface area contributed by atoms with Crippen molar-refractivity contribution in [3.05, 3.63) is 66.6 Å². The van der Waals surface area contributed by atoms with E-state index in [4.69, 9.17) is 69.6 Å². The largest absolute Gasteiger partial charge is 0.160 e. The summed E-state index contributed by atoms with van der Waals surface area (Å²) < 4.78 is 0. The molecule has 0 bridgehead atoms. The molecule has 2 nitrogen and oxygen atoms in total. The van der Waals surface area contributed by atoms with Gasteiger partial charge in [-0.2, -0.15) is 5.10 Å². The molecule has 0 N–H and O–H groups in total. The van der Waals surface area contributed by atoms with Gasteiger partial charge in [-0.3, -0.25) is 0 Å². The summed E-state index contributed by atoms with van der Waals surface area (Å²) in [6.07, 6.45) is 1.41. The van der Waals surface area contributed by atoms with Gasteiger partial charge in [-0.15, -0.1) is 5.10 Å². The summed E-state index contributed by atoms with van der Waals surface area (Å²) in [5.74, 6) is 0. The number of rotatable bonds is 3. The zero-order valence-electron chi connectivity index (χ0n) is 10.6. The molecular weight excluding hydrogens is 409 g/mol. The normalized spacial score (nSPS) is 12.2. The van der Waals surface area contributed by atoms with E-state index >= 15 is 0 Å². The molecule has 2 aromatic carbocycles. The van der Waals surface area contributed by atoms with Gasteiger partial charge in [0, 0.05) is 16.1 Å². The van der Waals surface area contributed by atoms with Crippen LogP contribution in [-0.4, -0.2) is 11.4 Å². The first-order chi connectivity index (χ1) is 10.4. The Kier molecular flexibility index (Phi) is 6.39. The minimum Gasteiger partial charge on any atom is -0.157 e. The summed E-state index contributed by atoms with van der Waals surface area (Å²) in [4.78, 5) is 0. The zero-order valence-corrected chi connectivity index (χ0v) is 15.2. The van der Waals surface area contributed by atoms with Gasteiger partial charge in [-0.05, 0) is 24.3 Å². The molecule has 0 amide bonds. The molecule has 0 heterocycles. The SMILES string of the molecule is ClC(=NN=Cc1ccc(Cl)c(Cl)c1Cl)c1ccc(Cl)cc1Cl. The first-order valence-corrected chi connectivity index (χ1v) is 8.02. The van der Waals surface area contributed by atoms with Crippen molar-refractivity contribution in [1.82, 2.24) is 0 Å². The standard InChI is InChI=1S/C14H6Cl6N2/c15-8-2-3-9(11(17)5-8)14(20)22-21-6-7-1-4-10(16)13(19)12(7)18/h1-6H. The molecule has 0 fully saturated rings. The molecule has 0 aromatic heterocycles. The smallest absolute Gasteiger partial charge is 0.157 e. The first-order valence-electron chi connectivity index (χ1n) is 5.75. The Hall–Kier alpha value is -0.480. The van der Waals surface area contributed by atoms with E-state index in [0.29, 0.717) is 26.2 Å². The highest BCUT2D eigenvalue weighted by molar-refractivity contribution is 6.70. The maximum absolute atomic E-state index is 6.05. The van der Waals surface area contributed by atoms with E-state index in [9.17, 15) is 0 Å². The molecule has 0 saturated carbocycles. The van der Waals surface area contributed by atoms with Crippen LogP contribution >= 0.6 is 69.6 Å². The second kappa shape index (κ2) is 7.87. The van der Waals surface area contributed by atoms with Crippen molar-refractivity contribution in [3.63, 3.8) is 0 Å². The molecule has 0 aliphatic carbocycles. The maximum Gasteiger partial charge on any atom is 0.160 e. The Morgan fingerprint density at radius 1 is 0.864 bits per heavy atom. The molecule has 2 rings (SSSR count). The fourth-order valence-electron chi connectivity index (χ4n) is 1.49. The molecule has 0 aliphatic heterocycles. The zero-order chi connectivity index (χ0) is 16.3. The van der Waals surface area contributed by atoms with Crippen LogP contribution in [0.3, 0.4) is 0 Å². The van der Waals surface area contributed by atoms with Crippen molar-refractivity contribution in [3.8, 4) is 0 Å². The van der Waals surface area contributed by atoms with Gasteiger partial charge in [0.05, 0.1) is 26.3 Å². The molecule has 22 heavy (non-hydrogen) atoms. The van der Waals surface area contributed by atoms with Gasteiger partial charge in [0.2, 0.25) is 0 Å². The van der Waals surface area contributed by atoms with E-state index in [1.165, 1.54) is 6.21 Å². The lowest BCUT2D eigenvalue weighted by atomic mass is 10.2. The van der Waals surface area contributed by atoms with Crippen LogP contribution in [0.4, 0.5) is 0 Å². The molecule has 0 radical (unpaired) electrons. The Bertz CT molecular complexity index is 770. The lowest BCUT2D eigenvalue weighted by Crippen LogP contribution is -1.92. The predicted molar refractivity (Wildman–Crippen MR) is 97.9 cm³/mol.